The molecule has 2 heterocycles. The van der Waals surface area contributed by atoms with E-state index in [1.54, 1.807) is 12.3 Å². The zero-order valence-electron chi connectivity index (χ0n) is 14.6. The van der Waals surface area contributed by atoms with E-state index in [9.17, 15) is 4.79 Å². The molecule has 6 heteroatoms. The number of hydrogen-bond donors (Lipinski definition) is 1. The highest BCUT2D eigenvalue weighted by molar-refractivity contribution is 7.99. The molecular formula is C20H20N4OS. The number of anilines is 1. The molecule has 0 unspecified atom stereocenters. The van der Waals surface area contributed by atoms with Crippen LogP contribution in [0.25, 0.3) is 21.9 Å². The van der Waals surface area contributed by atoms with E-state index in [0.717, 1.165) is 57.9 Å². The van der Waals surface area contributed by atoms with Crippen LogP contribution in [0.5, 0.6) is 0 Å². The third-order valence-corrected chi connectivity index (χ3v) is 5.73. The van der Waals surface area contributed by atoms with Gasteiger partial charge in [0.05, 0.1) is 6.20 Å². The number of nitrogens with two attached hydrogens (primary N) is 1. The fraction of sp³-hybridized carbons (Fsp3) is 0.250. The van der Waals surface area contributed by atoms with Gasteiger partial charge in [0.15, 0.2) is 5.82 Å². The molecule has 1 aliphatic rings. The van der Waals surface area contributed by atoms with Crippen LogP contribution < -0.4 is 10.6 Å². The lowest BCUT2D eigenvalue weighted by Gasteiger charge is -2.27. The molecule has 5 nitrogen and oxygen atoms in total. The number of amides is 1. The van der Waals surface area contributed by atoms with E-state index in [1.165, 1.54) is 0 Å². The lowest BCUT2D eigenvalue weighted by molar-refractivity contribution is 0.100. The van der Waals surface area contributed by atoms with Gasteiger partial charge in [-0.15, -0.1) is 5.10 Å². The SMILES string of the molecule is Cc1ccc(C(N)=O)cc1-c1ccc2c(N3CCSCC3)nncc2c1. The third kappa shape index (κ3) is 3.12. The summed E-state index contributed by atoms with van der Waals surface area (Å²) >= 11 is 1.98. The van der Waals surface area contributed by atoms with Crippen molar-refractivity contribution >= 4 is 34.3 Å². The highest BCUT2D eigenvalue weighted by Crippen LogP contribution is 2.31. The second kappa shape index (κ2) is 6.96. The molecule has 2 aromatic carbocycles. The first-order chi connectivity index (χ1) is 12.6. The van der Waals surface area contributed by atoms with Gasteiger partial charge in [-0.25, -0.2) is 0 Å². The summed E-state index contributed by atoms with van der Waals surface area (Å²) in [6, 6.07) is 11.9. The summed E-state index contributed by atoms with van der Waals surface area (Å²) in [7, 11) is 0. The smallest absolute Gasteiger partial charge is 0.248 e. The standard InChI is InChI=1S/C20H20N4OS/c1-13-2-3-15(19(21)25)11-18(13)14-4-5-17-16(10-14)12-22-23-20(17)24-6-8-26-9-7-24/h2-5,10-12H,6-9H2,1H3,(H2,21,25). The predicted molar refractivity (Wildman–Crippen MR) is 108 cm³/mol. The van der Waals surface area contributed by atoms with Crippen LogP contribution in [-0.4, -0.2) is 40.7 Å². The van der Waals surface area contributed by atoms with E-state index in [0.29, 0.717) is 5.56 Å². The Morgan fingerprint density at radius 1 is 1.15 bits per heavy atom. The van der Waals surface area contributed by atoms with Gasteiger partial charge < -0.3 is 10.6 Å². The van der Waals surface area contributed by atoms with Crippen LogP contribution in [0.4, 0.5) is 5.82 Å². The van der Waals surface area contributed by atoms with Crippen LogP contribution in [0.2, 0.25) is 0 Å². The molecular weight excluding hydrogens is 344 g/mol. The molecule has 1 amide bonds. The van der Waals surface area contributed by atoms with E-state index in [4.69, 9.17) is 5.73 Å². The summed E-state index contributed by atoms with van der Waals surface area (Å²) < 4.78 is 0. The largest absolute Gasteiger partial charge is 0.366 e. The Morgan fingerprint density at radius 2 is 1.96 bits per heavy atom. The van der Waals surface area contributed by atoms with Gasteiger partial charge in [-0.2, -0.15) is 16.9 Å². The second-order valence-electron chi connectivity index (χ2n) is 6.46. The maximum absolute atomic E-state index is 11.5. The zero-order chi connectivity index (χ0) is 18.1. The van der Waals surface area contributed by atoms with Crippen LogP contribution in [0.1, 0.15) is 15.9 Å². The molecule has 1 saturated heterocycles. The lowest BCUT2D eigenvalue weighted by Crippen LogP contribution is -2.33. The first-order valence-electron chi connectivity index (χ1n) is 8.62. The highest BCUT2D eigenvalue weighted by atomic mass is 32.2. The molecule has 1 fully saturated rings. The molecule has 1 aromatic heterocycles. The average molecular weight is 364 g/mol. The molecule has 0 spiro atoms. The van der Waals surface area contributed by atoms with Crippen molar-refractivity contribution in [2.75, 3.05) is 29.5 Å². The number of benzene rings is 2. The van der Waals surface area contributed by atoms with Gasteiger partial charge in [-0.1, -0.05) is 12.1 Å². The van der Waals surface area contributed by atoms with E-state index >= 15 is 0 Å². The molecule has 132 valence electrons. The van der Waals surface area contributed by atoms with Crippen molar-refractivity contribution in [3.8, 4) is 11.1 Å². The number of nitrogens with zero attached hydrogens (tertiary/aromatic N) is 3. The second-order valence-corrected chi connectivity index (χ2v) is 7.69. The Bertz CT molecular complexity index is 983. The maximum atomic E-state index is 11.5. The van der Waals surface area contributed by atoms with Crippen LogP contribution >= 0.6 is 11.8 Å². The summed E-state index contributed by atoms with van der Waals surface area (Å²) in [5.74, 6) is 2.78. The highest BCUT2D eigenvalue weighted by Gasteiger charge is 2.16. The first kappa shape index (κ1) is 16.8. The Labute approximate surface area is 156 Å². The van der Waals surface area contributed by atoms with Gasteiger partial charge in [0.25, 0.3) is 0 Å². The van der Waals surface area contributed by atoms with Gasteiger partial charge in [0.2, 0.25) is 5.91 Å². The lowest BCUT2D eigenvalue weighted by atomic mass is 9.96. The van der Waals surface area contributed by atoms with Crippen molar-refractivity contribution in [3.63, 3.8) is 0 Å². The molecule has 0 atom stereocenters. The topological polar surface area (TPSA) is 72.1 Å². The van der Waals surface area contributed by atoms with E-state index in [1.807, 2.05) is 30.8 Å². The van der Waals surface area contributed by atoms with Gasteiger partial charge in [0, 0.05) is 40.9 Å². The van der Waals surface area contributed by atoms with E-state index < -0.39 is 5.91 Å². The molecule has 0 saturated carbocycles. The predicted octanol–water partition coefficient (Wildman–Crippen LogP) is 3.26. The van der Waals surface area contributed by atoms with Gasteiger partial charge in [-0.3, -0.25) is 4.79 Å². The number of carbonyl (C=O) groups excluding carboxylic acids is 1. The molecule has 0 aliphatic carbocycles. The molecule has 3 aromatic rings. The third-order valence-electron chi connectivity index (χ3n) is 4.79. The van der Waals surface area contributed by atoms with Gasteiger partial charge >= 0.3 is 0 Å². The number of fused-ring (bicyclic) bond motifs is 1. The summed E-state index contributed by atoms with van der Waals surface area (Å²) in [5.41, 5.74) is 9.12. The van der Waals surface area contributed by atoms with Crippen molar-refractivity contribution in [2.24, 2.45) is 5.73 Å². The van der Waals surface area contributed by atoms with E-state index in [2.05, 4.69) is 33.3 Å². The van der Waals surface area contributed by atoms with Crippen molar-refractivity contribution in [3.05, 3.63) is 53.7 Å². The van der Waals surface area contributed by atoms with Crippen LogP contribution in [0.15, 0.2) is 42.6 Å². The Balaban J connectivity index is 1.79. The number of hydrogen-bond acceptors (Lipinski definition) is 5. The quantitative estimate of drug-likeness (QED) is 0.772. The minimum Gasteiger partial charge on any atom is -0.366 e. The molecule has 1 aliphatic heterocycles. The Kier molecular flexibility index (Phi) is 4.51. The number of aromatic nitrogens is 2. The fourth-order valence-electron chi connectivity index (χ4n) is 3.34. The minimum absolute atomic E-state index is 0.414. The summed E-state index contributed by atoms with van der Waals surface area (Å²) in [5, 5.41) is 10.8. The van der Waals surface area contributed by atoms with Crippen molar-refractivity contribution in [1.82, 2.24) is 10.2 Å². The number of carbonyl (C=O) groups is 1. The fourth-order valence-corrected chi connectivity index (χ4v) is 4.24. The van der Waals surface area contributed by atoms with Gasteiger partial charge in [0.1, 0.15) is 0 Å². The molecule has 4 rings (SSSR count). The molecule has 0 radical (unpaired) electrons. The first-order valence-corrected chi connectivity index (χ1v) is 9.78. The summed E-state index contributed by atoms with van der Waals surface area (Å²) in [4.78, 5) is 13.8. The molecule has 26 heavy (non-hydrogen) atoms. The average Bonchev–Trinajstić information content (AvgIpc) is 2.68. The van der Waals surface area contributed by atoms with Crippen molar-refractivity contribution in [1.29, 1.82) is 0 Å². The van der Waals surface area contributed by atoms with Crippen molar-refractivity contribution < 1.29 is 4.79 Å². The maximum Gasteiger partial charge on any atom is 0.248 e. The minimum atomic E-state index is -0.414. The van der Waals surface area contributed by atoms with Crippen molar-refractivity contribution in [2.45, 2.75) is 6.92 Å². The number of primary amides is 1. The summed E-state index contributed by atoms with van der Waals surface area (Å²) in [6.45, 7) is 4.03. The zero-order valence-corrected chi connectivity index (χ0v) is 15.4. The molecule has 2 N–H and O–H groups in total. The number of thioether (sulfide) groups is 1. The number of aryl methyl sites for hydroxylation is 1. The van der Waals surface area contributed by atoms with E-state index in [-0.39, 0.29) is 0 Å². The van der Waals surface area contributed by atoms with Crippen LogP contribution in [0.3, 0.4) is 0 Å². The number of rotatable bonds is 3. The van der Waals surface area contributed by atoms with Gasteiger partial charge in [-0.05, 0) is 47.9 Å². The Hall–Kier alpha value is -2.60. The summed E-state index contributed by atoms with van der Waals surface area (Å²) in [6.07, 6.45) is 1.80. The normalized spacial score (nSPS) is 14.6. The van der Waals surface area contributed by atoms with Crippen LogP contribution in [-0.2, 0) is 0 Å². The molecule has 0 bridgehead atoms. The van der Waals surface area contributed by atoms with Crippen LogP contribution in [0, 0.1) is 6.92 Å². The Morgan fingerprint density at radius 3 is 2.73 bits per heavy atom. The monoisotopic (exact) mass is 364 g/mol.